The van der Waals surface area contributed by atoms with Gasteiger partial charge in [0.1, 0.15) is 6.61 Å². The first-order valence-corrected chi connectivity index (χ1v) is 10.4. The van der Waals surface area contributed by atoms with Gasteiger partial charge in [-0.05, 0) is 13.3 Å². The van der Waals surface area contributed by atoms with Crippen molar-refractivity contribution in [3.05, 3.63) is 24.3 Å². The second-order valence-electron chi connectivity index (χ2n) is 6.17. The number of thioether (sulfide) groups is 1. The van der Waals surface area contributed by atoms with Gasteiger partial charge in [0.15, 0.2) is 5.12 Å². The zero-order valence-electron chi connectivity index (χ0n) is 15.6. The molecule has 0 aromatic heterocycles. The van der Waals surface area contributed by atoms with Crippen LogP contribution in [0.4, 0.5) is 4.79 Å². The smallest absolute Gasteiger partial charge is 0.410 e. The van der Waals surface area contributed by atoms with E-state index < -0.39 is 16.3 Å². The van der Waals surface area contributed by atoms with Crippen molar-refractivity contribution in [2.75, 3.05) is 33.8 Å². The maximum atomic E-state index is 12.2. The fourth-order valence-corrected chi connectivity index (χ4v) is 4.11. The van der Waals surface area contributed by atoms with E-state index in [9.17, 15) is 18.0 Å². The SMILES string of the molecule is C=CCOC(=O)N1C[C@@H](SC(C)=O)C[C@H]1/C=C(\C)CNS(=O)(=O)N(C)C. The van der Waals surface area contributed by atoms with Crippen molar-refractivity contribution in [1.82, 2.24) is 13.9 Å². The van der Waals surface area contributed by atoms with Crippen LogP contribution < -0.4 is 4.72 Å². The summed E-state index contributed by atoms with van der Waals surface area (Å²) >= 11 is 1.20. The number of likely N-dealkylation sites (tertiary alicyclic amines) is 1. The molecule has 1 aliphatic rings. The van der Waals surface area contributed by atoms with E-state index in [4.69, 9.17) is 4.74 Å². The van der Waals surface area contributed by atoms with E-state index >= 15 is 0 Å². The van der Waals surface area contributed by atoms with Crippen LogP contribution in [0.1, 0.15) is 20.3 Å². The molecular weight excluding hydrogens is 378 g/mol. The number of hydrogen-bond donors (Lipinski definition) is 1. The number of carbonyl (C=O) groups excluding carboxylic acids is 2. The van der Waals surface area contributed by atoms with Crippen LogP contribution in [0.15, 0.2) is 24.3 Å². The van der Waals surface area contributed by atoms with Crippen LogP contribution in [-0.2, 0) is 19.7 Å². The molecule has 0 radical (unpaired) electrons. The predicted octanol–water partition coefficient (Wildman–Crippen LogP) is 1.37. The Morgan fingerprint density at radius 3 is 2.58 bits per heavy atom. The Hall–Kier alpha value is -1.36. The van der Waals surface area contributed by atoms with E-state index in [2.05, 4.69) is 11.3 Å². The average molecular weight is 406 g/mol. The summed E-state index contributed by atoms with van der Waals surface area (Å²) in [7, 11) is -0.631. The molecule has 1 rings (SSSR count). The third-order valence-electron chi connectivity index (χ3n) is 3.69. The molecule has 1 amide bonds. The largest absolute Gasteiger partial charge is 0.445 e. The minimum atomic E-state index is -3.52. The molecule has 1 fully saturated rings. The van der Waals surface area contributed by atoms with Crippen LogP contribution in [0.5, 0.6) is 0 Å². The van der Waals surface area contributed by atoms with Gasteiger partial charge < -0.3 is 9.64 Å². The standard InChI is InChI=1S/C16H27N3O5S2/c1-6-7-24-16(21)19-11-15(25-13(3)20)9-14(19)8-12(2)10-17-26(22,23)18(4)5/h6,8,14-15,17H,1,7,9-11H2,2-5H3/b12-8+/t14-,15+/m1/s1. The van der Waals surface area contributed by atoms with Crippen molar-refractivity contribution >= 4 is 33.2 Å². The molecule has 0 aliphatic carbocycles. The summed E-state index contributed by atoms with van der Waals surface area (Å²) < 4.78 is 32.3. The summed E-state index contributed by atoms with van der Waals surface area (Å²) in [6, 6.07) is -0.256. The quantitative estimate of drug-likeness (QED) is 0.613. The van der Waals surface area contributed by atoms with Gasteiger partial charge in [-0.1, -0.05) is 36.1 Å². The van der Waals surface area contributed by atoms with Crippen LogP contribution in [0.2, 0.25) is 0 Å². The average Bonchev–Trinajstić information content (AvgIpc) is 2.92. The van der Waals surface area contributed by atoms with Crippen LogP contribution in [-0.4, -0.2) is 73.9 Å². The number of rotatable bonds is 8. The van der Waals surface area contributed by atoms with Crippen molar-refractivity contribution in [3.63, 3.8) is 0 Å². The second-order valence-corrected chi connectivity index (χ2v) is 9.62. The summed E-state index contributed by atoms with van der Waals surface area (Å²) in [6.45, 7) is 7.45. The van der Waals surface area contributed by atoms with Crippen molar-refractivity contribution in [2.45, 2.75) is 31.6 Å². The number of nitrogens with one attached hydrogen (secondary N) is 1. The molecule has 2 atom stereocenters. The zero-order chi connectivity index (χ0) is 19.9. The third kappa shape index (κ3) is 7.10. The monoisotopic (exact) mass is 405 g/mol. The van der Waals surface area contributed by atoms with Crippen LogP contribution in [0, 0.1) is 0 Å². The molecule has 1 N–H and O–H groups in total. The Balaban J connectivity index is 2.84. The topological polar surface area (TPSA) is 96.0 Å². The first-order chi connectivity index (χ1) is 12.1. The summed E-state index contributed by atoms with van der Waals surface area (Å²) in [4.78, 5) is 25.2. The van der Waals surface area contributed by atoms with Gasteiger partial charge in [0.2, 0.25) is 0 Å². The summed E-state index contributed by atoms with van der Waals surface area (Å²) in [6.07, 6.45) is 3.46. The van der Waals surface area contributed by atoms with Gasteiger partial charge in [0.05, 0.1) is 6.04 Å². The van der Waals surface area contributed by atoms with Crippen LogP contribution in [0.3, 0.4) is 0 Å². The molecule has 1 aliphatic heterocycles. The van der Waals surface area contributed by atoms with Crippen LogP contribution >= 0.6 is 11.8 Å². The van der Waals surface area contributed by atoms with Gasteiger partial charge in [-0.25, -0.2) is 4.79 Å². The highest BCUT2D eigenvalue weighted by Crippen LogP contribution is 2.29. The van der Waals surface area contributed by atoms with E-state index in [0.717, 1.165) is 9.88 Å². The second kappa shape index (κ2) is 10.1. The Bertz CT molecular complexity index is 661. The van der Waals surface area contributed by atoms with E-state index in [1.165, 1.54) is 38.9 Å². The highest BCUT2D eigenvalue weighted by molar-refractivity contribution is 8.14. The minimum absolute atomic E-state index is 0.00509. The molecular formula is C16H27N3O5S2. The van der Waals surface area contributed by atoms with E-state index in [1.807, 2.05) is 6.08 Å². The molecule has 8 nitrogen and oxygen atoms in total. The number of amides is 1. The summed E-state index contributed by atoms with van der Waals surface area (Å²) in [5, 5.41) is -0.0224. The lowest BCUT2D eigenvalue weighted by Crippen LogP contribution is -2.37. The number of nitrogens with zero attached hydrogens (tertiary/aromatic N) is 2. The molecule has 0 bridgehead atoms. The molecule has 1 saturated heterocycles. The number of carbonyl (C=O) groups is 2. The summed E-state index contributed by atoms with van der Waals surface area (Å²) in [5.74, 6) is 0. The Kier molecular flexibility index (Phi) is 8.81. The van der Waals surface area contributed by atoms with E-state index in [1.54, 1.807) is 11.8 Å². The van der Waals surface area contributed by atoms with Gasteiger partial charge in [-0.2, -0.15) is 17.4 Å². The zero-order valence-corrected chi connectivity index (χ0v) is 17.2. The lowest BCUT2D eigenvalue weighted by Gasteiger charge is -2.22. The Morgan fingerprint density at radius 1 is 1.38 bits per heavy atom. The van der Waals surface area contributed by atoms with Gasteiger partial charge >= 0.3 is 6.09 Å². The van der Waals surface area contributed by atoms with Crippen molar-refractivity contribution < 1.29 is 22.7 Å². The van der Waals surface area contributed by atoms with E-state index in [0.29, 0.717) is 13.0 Å². The van der Waals surface area contributed by atoms with E-state index in [-0.39, 0.29) is 29.6 Å². The molecule has 26 heavy (non-hydrogen) atoms. The molecule has 0 aromatic rings. The maximum Gasteiger partial charge on any atom is 0.410 e. The maximum absolute atomic E-state index is 12.2. The Labute approximate surface area is 159 Å². The Morgan fingerprint density at radius 2 is 2.04 bits per heavy atom. The first kappa shape index (κ1) is 22.7. The van der Waals surface area contributed by atoms with Crippen molar-refractivity contribution in [3.8, 4) is 0 Å². The molecule has 0 spiro atoms. The van der Waals surface area contributed by atoms with Gasteiger partial charge in [-0.3, -0.25) is 4.79 Å². The normalized spacial score (nSPS) is 21.1. The van der Waals surface area contributed by atoms with Crippen molar-refractivity contribution in [1.29, 1.82) is 0 Å². The number of ether oxygens (including phenoxy) is 1. The fourth-order valence-electron chi connectivity index (χ4n) is 2.45. The molecule has 148 valence electrons. The van der Waals surface area contributed by atoms with Gasteiger partial charge in [0, 0.05) is 39.4 Å². The predicted molar refractivity (Wildman–Crippen MR) is 103 cm³/mol. The van der Waals surface area contributed by atoms with Gasteiger partial charge in [-0.15, -0.1) is 0 Å². The summed E-state index contributed by atoms with van der Waals surface area (Å²) in [5.41, 5.74) is 0.774. The molecule has 0 saturated carbocycles. The fraction of sp³-hybridized carbons (Fsp3) is 0.625. The third-order valence-corrected chi connectivity index (χ3v) is 6.17. The molecule has 0 aromatic carbocycles. The van der Waals surface area contributed by atoms with Gasteiger partial charge in [0.25, 0.3) is 10.2 Å². The van der Waals surface area contributed by atoms with Crippen LogP contribution in [0.25, 0.3) is 0 Å². The molecule has 10 heteroatoms. The number of hydrogen-bond acceptors (Lipinski definition) is 6. The highest BCUT2D eigenvalue weighted by atomic mass is 32.2. The highest BCUT2D eigenvalue weighted by Gasteiger charge is 2.36. The first-order valence-electron chi connectivity index (χ1n) is 8.12. The lowest BCUT2D eigenvalue weighted by molar-refractivity contribution is -0.109. The van der Waals surface area contributed by atoms with Crippen molar-refractivity contribution in [2.24, 2.45) is 0 Å². The lowest BCUT2D eigenvalue weighted by atomic mass is 10.1. The molecule has 0 unspecified atom stereocenters. The minimum Gasteiger partial charge on any atom is -0.445 e. The molecule has 1 heterocycles.